The lowest BCUT2D eigenvalue weighted by atomic mass is 9.90. The number of carbonyl (C=O) groups is 2. The van der Waals surface area contributed by atoms with Crippen LogP contribution in [0.15, 0.2) is 18.6 Å². The highest BCUT2D eigenvalue weighted by Gasteiger charge is 2.54. The van der Waals surface area contributed by atoms with Crippen LogP contribution < -0.4 is 10.8 Å². The van der Waals surface area contributed by atoms with Gasteiger partial charge in [-0.3, -0.25) is 19.7 Å². The third-order valence-electron chi connectivity index (χ3n) is 6.93. The van der Waals surface area contributed by atoms with Crippen LogP contribution in [0.5, 0.6) is 0 Å². The predicted octanol–water partition coefficient (Wildman–Crippen LogP) is 2.36. The molecule has 2 saturated carbocycles. The van der Waals surface area contributed by atoms with E-state index in [0.717, 1.165) is 19.4 Å². The van der Waals surface area contributed by atoms with E-state index in [9.17, 15) is 9.59 Å². The Morgan fingerprint density at radius 1 is 1.31 bits per heavy atom. The molecule has 0 aromatic carbocycles. The van der Waals surface area contributed by atoms with Gasteiger partial charge in [-0.15, -0.1) is 0 Å². The molecule has 3 aliphatic rings. The van der Waals surface area contributed by atoms with Crippen molar-refractivity contribution in [3.05, 3.63) is 18.6 Å². The zero-order valence-electron chi connectivity index (χ0n) is 16.8. The van der Waals surface area contributed by atoms with Crippen LogP contribution in [0.4, 0.5) is 5.82 Å². The van der Waals surface area contributed by atoms with Crippen molar-refractivity contribution in [2.24, 2.45) is 17.3 Å². The Balaban J connectivity index is 1.43. The van der Waals surface area contributed by atoms with Crippen molar-refractivity contribution in [2.45, 2.75) is 63.8 Å². The van der Waals surface area contributed by atoms with E-state index in [4.69, 9.17) is 5.21 Å². The van der Waals surface area contributed by atoms with Crippen LogP contribution in [0.25, 0.3) is 0 Å². The maximum Gasteiger partial charge on any atom is 0.243 e. The maximum absolute atomic E-state index is 13.0. The van der Waals surface area contributed by atoms with Crippen LogP contribution in [0, 0.1) is 17.3 Å². The van der Waals surface area contributed by atoms with E-state index < -0.39 is 0 Å². The Morgan fingerprint density at radius 2 is 2.10 bits per heavy atom. The molecule has 3 N–H and O–H groups in total. The fourth-order valence-electron chi connectivity index (χ4n) is 5.29. The molecule has 4 rings (SSSR count). The van der Waals surface area contributed by atoms with E-state index in [1.165, 1.54) is 44.9 Å². The van der Waals surface area contributed by atoms with Gasteiger partial charge in [0.05, 0.1) is 6.04 Å². The number of hydroxylamine groups is 1. The van der Waals surface area contributed by atoms with Crippen LogP contribution in [0.1, 0.15) is 57.8 Å². The third-order valence-corrected chi connectivity index (χ3v) is 6.93. The van der Waals surface area contributed by atoms with Crippen LogP contribution in [0.3, 0.4) is 0 Å². The Bertz CT molecular complexity index is 718. The Labute approximate surface area is 171 Å². The van der Waals surface area contributed by atoms with Crippen molar-refractivity contribution in [3.8, 4) is 0 Å². The first kappa shape index (κ1) is 20.2. The first-order valence-electron chi connectivity index (χ1n) is 10.8. The summed E-state index contributed by atoms with van der Waals surface area (Å²) in [6.07, 6.45) is 12.5. The smallest absolute Gasteiger partial charge is 0.243 e. The summed E-state index contributed by atoms with van der Waals surface area (Å²) in [5, 5.41) is 11.9. The average Bonchev–Trinajstić information content (AvgIpc) is 3.11. The van der Waals surface area contributed by atoms with E-state index in [2.05, 4.69) is 20.2 Å². The van der Waals surface area contributed by atoms with Crippen molar-refractivity contribution < 1.29 is 14.8 Å². The molecule has 3 fully saturated rings. The molecule has 158 valence electrons. The second-order valence-electron chi connectivity index (χ2n) is 9.22. The lowest BCUT2D eigenvalue weighted by Crippen LogP contribution is -2.43. The molecule has 2 heterocycles. The first-order valence-corrected chi connectivity index (χ1v) is 10.8. The topological polar surface area (TPSA) is 107 Å². The van der Waals surface area contributed by atoms with Crippen molar-refractivity contribution >= 4 is 17.6 Å². The quantitative estimate of drug-likeness (QED) is 0.456. The molecule has 1 spiro atoms. The molecular formula is C21H31N5O3. The Morgan fingerprint density at radius 3 is 2.76 bits per heavy atom. The number of hydrogen-bond donors (Lipinski definition) is 3. The number of nitrogens with one attached hydrogen (secondary N) is 2. The minimum atomic E-state index is -0.338. The van der Waals surface area contributed by atoms with Gasteiger partial charge >= 0.3 is 0 Å². The van der Waals surface area contributed by atoms with Crippen LogP contribution in [0.2, 0.25) is 0 Å². The number of aromatic nitrogens is 2. The molecular weight excluding hydrogens is 370 g/mol. The number of likely N-dealkylation sites (tertiary alicyclic amines) is 1. The standard InChI is InChI=1S/C21H31N5O3/c27-19(25-29)10-16(9-15-3-1-2-4-15)12-26-13-21(6-7-21)11-17(26)20(28)24-18-5-8-22-14-23-18/h5,8,14-17,29H,1-4,6-7,9-13H2,(H,25,27)(H,22,23,24,28)/t16-,17+/m1/s1. The van der Waals surface area contributed by atoms with Crippen molar-refractivity contribution in [1.82, 2.24) is 20.3 Å². The van der Waals surface area contributed by atoms with Crippen molar-refractivity contribution in [2.75, 3.05) is 18.4 Å². The van der Waals surface area contributed by atoms with Gasteiger partial charge < -0.3 is 5.32 Å². The number of hydrogen-bond acceptors (Lipinski definition) is 6. The highest BCUT2D eigenvalue weighted by atomic mass is 16.5. The average molecular weight is 402 g/mol. The van der Waals surface area contributed by atoms with Crippen molar-refractivity contribution in [1.29, 1.82) is 0 Å². The molecule has 1 aliphatic heterocycles. The molecule has 1 aromatic heterocycles. The van der Waals surface area contributed by atoms with Crippen LogP contribution in [-0.2, 0) is 9.59 Å². The van der Waals surface area contributed by atoms with Gasteiger partial charge in [-0.05, 0) is 49.0 Å². The molecule has 0 radical (unpaired) electrons. The Hall–Kier alpha value is -2.06. The summed E-state index contributed by atoms with van der Waals surface area (Å²) in [5.74, 6) is 0.948. The van der Waals surface area contributed by atoms with Gasteiger partial charge in [0.15, 0.2) is 0 Å². The van der Waals surface area contributed by atoms with Gasteiger partial charge in [0.1, 0.15) is 12.1 Å². The molecule has 2 aliphatic carbocycles. The first-order chi connectivity index (χ1) is 14.1. The summed E-state index contributed by atoms with van der Waals surface area (Å²) in [7, 11) is 0. The number of amides is 2. The van der Waals surface area contributed by atoms with Gasteiger partial charge in [-0.1, -0.05) is 25.7 Å². The molecule has 2 atom stereocenters. The second kappa shape index (κ2) is 8.75. The minimum absolute atomic E-state index is 0.0290. The maximum atomic E-state index is 13.0. The zero-order valence-corrected chi connectivity index (χ0v) is 16.8. The van der Waals surface area contributed by atoms with E-state index >= 15 is 0 Å². The summed E-state index contributed by atoms with van der Waals surface area (Å²) in [4.78, 5) is 35.2. The Kier molecular flexibility index (Phi) is 6.10. The van der Waals surface area contributed by atoms with Crippen molar-refractivity contribution in [3.63, 3.8) is 0 Å². The monoisotopic (exact) mass is 401 g/mol. The molecule has 1 aromatic rings. The third kappa shape index (κ3) is 5.11. The van der Waals surface area contributed by atoms with Gasteiger partial charge in [-0.25, -0.2) is 15.4 Å². The molecule has 2 amide bonds. The van der Waals surface area contributed by atoms with Gasteiger partial charge in [0, 0.05) is 25.7 Å². The highest BCUT2D eigenvalue weighted by molar-refractivity contribution is 5.94. The second-order valence-corrected chi connectivity index (χ2v) is 9.22. The zero-order chi connectivity index (χ0) is 20.3. The fraction of sp³-hybridized carbons (Fsp3) is 0.714. The van der Waals surface area contributed by atoms with E-state index in [-0.39, 0.29) is 29.2 Å². The van der Waals surface area contributed by atoms with Gasteiger partial charge in [0.25, 0.3) is 0 Å². The minimum Gasteiger partial charge on any atom is -0.309 e. The molecule has 8 heteroatoms. The summed E-state index contributed by atoms with van der Waals surface area (Å²) in [5.41, 5.74) is 2.06. The van der Waals surface area contributed by atoms with Crippen LogP contribution in [-0.4, -0.2) is 51.0 Å². The SMILES string of the molecule is O=C(C[C@@H](CC1CCCC1)CN1CC2(CC2)C[C@H]1C(=O)Nc1ccncn1)NO. The number of carbonyl (C=O) groups excluding carboxylic acids is 2. The largest absolute Gasteiger partial charge is 0.309 e. The van der Waals surface area contributed by atoms with Crippen LogP contribution >= 0.6 is 0 Å². The molecule has 0 unspecified atom stereocenters. The van der Waals surface area contributed by atoms with Gasteiger partial charge in [-0.2, -0.15) is 0 Å². The van der Waals surface area contributed by atoms with Gasteiger partial charge in [0.2, 0.25) is 11.8 Å². The fourth-order valence-corrected chi connectivity index (χ4v) is 5.29. The van der Waals surface area contributed by atoms with E-state index in [0.29, 0.717) is 24.7 Å². The highest BCUT2D eigenvalue weighted by Crippen LogP contribution is 2.55. The number of rotatable bonds is 8. The summed E-state index contributed by atoms with van der Waals surface area (Å²) >= 11 is 0. The van der Waals surface area contributed by atoms with E-state index in [1.807, 2.05) is 0 Å². The normalized spacial score (nSPS) is 24.5. The molecule has 0 bridgehead atoms. The summed E-state index contributed by atoms with van der Waals surface area (Å²) in [6.45, 7) is 1.63. The predicted molar refractivity (Wildman–Crippen MR) is 107 cm³/mol. The molecule has 1 saturated heterocycles. The number of nitrogens with zero attached hydrogens (tertiary/aromatic N) is 3. The lowest BCUT2D eigenvalue weighted by Gasteiger charge is -2.29. The lowest BCUT2D eigenvalue weighted by molar-refractivity contribution is -0.130. The summed E-state index contributed by atoms with van der Waals surface area (Å²) < 4.78 is 0. The van der Waals surface area contributed by atoms with E-state index in [1.54, 1.807) is 17.7 Å². The summed E-state index contributed by atoms with van der Waals surface area (Å²) in [6, 6.07) is 1.49. The number of anilines is 1. The molecule has 8 nitrogen and oxygen atoms in total. The molecule has 29 heavy (non-hydrogen) atoms.